The SMILES string of the molecule is CCC1CCNC(CC(=O)c2cccc3ccccc23)C1. The second-order valence-corrected chi connectivity index (χ2v) is 6.10. The molecule has 1 saturated heterocycles. The lowest BCUT2D eigenvalue weighted by Gasteiger charge is -2.29. The van der Waals surface area contributed by atoms with E-state index in [2.05, 4.69) is 24.4 Å². The summed E-state index contributed by atoms with van der Waals surface area (Å²) in [5.74, 6) is 1.04. The molecule has 2 unspecified atom stereocenters. The zero-order chi connectivity index (χ0) is 14.7. The first kappa shape index (κ1) is 14.3. The lowest BCUT2D eigenvalue weighted by molar-refractivity contribution is 0.0959. The number of hydrogen-bond acceptors (Lipinski definition) is 2. The number of fused-ring (bicyclic) bond motifs is 1. The molecule has 1 heterocycles. The number of carbonyl (C=O) groups is 1. The lowest BCUT2D eigenvalue weighted by Crippen LogP contribution is -2.39. The zero-order valence-electron chi connectivity index (χ0n) is 12.6. The van der Waals surface area contributed by atoms with E-state index in [-0.39, 0.29) is 5.78 Å². The molecule has 1 fully saturated rings. The Labute approximate surface area is 126 Å². The maximum atomic E-state index is 12.7. The van der Waals surface area contributed by atoms with Crippen LogP contribution < -0.4 is 5.32 Å². The summed E-state index contributed by atoms with van der Waals surface area (Å²) in [5, 5.41) is 5.73. The van der Waals surface area contributed by atoms with Crippen LogP contribution in [0.4, 0.5) is 0 Å². The molecule has 0 amide bonds. The summed E-state index contributed by atoms with van der Waals surface area (Å²) in [6.07, 6.45) is 4.22. The molecule has 2 aromatic rings. The summed E-state index contributed by atoms with van der Waals surface area (Å²) < 4.78 is 0. The second kappa shape index (κ2) is 6.40. The van der Waals surface area contributed by atoms with Crippen molar-refractivity contribution >= 4 is 16.6 Å². The van der Waals surface area contributed by atoms with Gasteiger partial charge in [0.1, 0.15) is 0 Å². The molecule has 110 valence electrons. The molecule has 21 heavy (non-hydrogen) atoms. The van der Waals surface area contributed by atoms with Crippen molar-refractivity contribution in [3.05, 3.63) is 48.0 Å². The first-order chi connectivity index (χ1) is 10.3. The van der Waals surface area contributed by atoms with Crippen LogP contribution in [0, 0.1) is 5.92 Å². The Hall–Kier alpha value is -1.67. The summed E-state index contributed by atoms with van der Waals surface area (Å²) in [5.41, 5.74) is 0.869. The van der Waals surface area contributed by atoms with Crippen LogP contribution in [0.15, 0.2) is 42.5 Å². The number of carbonyl (C=O) groups excluding carboxylic acids is 1. The molecule has 2 aromatic carbocycles. The van der Waals surface area contributed by atoms with E-state index in [4.69, 9.17) is 0 Å². The largest absolute Gasteiger partial charge is 0.314 e. The van der Waals surface area contributed by atoms with Crippen LogP contribution in [0.1, 0.15) is 43.0 Å². The van der Waals surface area contributed by atoms with E-state index in [1.54, 1.807) is 0 Å². The summed E-state index contributed by atoms with van der Waals surface area (Å²) in [6, 6.07) is 14.5. The number of ketones is 1. The van der Waals surface area contributed by atoms with E-state index in [1.807, 2.05) is 30.3 Å². The topological polar surface area (TPSA) is 29.1 Å². The van der Waals surface area contributed by atoms with Crippen molar-refractivity contribution in [2.45, 2.75) is 38.6 Å². The number of hydrogen-bond donors (Lipinski definition) is 1. The molecule has 0 bridgehead atoms. The standard InChI is InChI=1S/C19H23NO/c1-2-14-10-11-20-16(12-14)13-19(21)18-9-5-7-15-6-3-4-8-17(15)18/h3-9,14,16,20H,2,10-13H2,1H3. The number of Topliss-reactive ketones (excluding diaryl/α,β-unsaturated/α-hetero) is 1. The van der Waals surface area contributed by atoms with Gasteiger partial charge in [0.2, 0.25) is 0 Å². The van der Waals surface area contributed by atoms with Crippen molar-refractivity contribution in [3.63, 3.8) is 0 Å². The molecular formula is C19H23NO. The number of benzene rings is 2. The van der Waals surface area contributed by atoms with Crippen molar-refractivity contribution in [1.29, 1.82) is 0 Å². The van der Waals surface area contributed by atoms with Gasteiger partial charge in [-0.2, -0.15) is 0 Å². The third-order valence-electron chi connectivity index (χ3n) is 4.70. The third-order valence-corrected chi connectivity index (χ3v) is 4.70. The Bertz CT molecular complexity index is 629. The van der Waals surface area contributed by atoms with Crippen molar-refractivity contribution in [2.75, 3.05) is 6.54 Å². The monoisotopic (exact) mass is 281 g/mol. The highest BCUT2D eigenvalue weighted by atomic mass is 16.1. The summed E-state index contributed by atoms with van der Waals surface area (Å²) in [7, 11) is 0. The van der Waals surface area contributed by atoms with Gasteiger partial charge in [0.25, 0.3) is 0 Å². The fourth-order valence-corrected chi connectivity index (χ4v) is 3.42. The van der Waals surface area contributed by atoms with Crippen LogP contribution in [0.25, 0.3) is 10.8 Å². The van der Waals surface area contributed by atoms with Crippen molar-refractivity contribution in [1.82, 2.24) is 5.32 Å². The van der Waals surface area contributed by atoms with Gasteiger partial charge in [-0.05, 0) is 36.1 Å². The maximum absolute atomic E-state index is 12.7. The van der Waals surface area contributed by atoms with Crippen molar-refractivity contribution < 1.29 is 4.79 Å². The Morgan fingerprint density at radius 1 is 1.19 bits per heavy atom. The van der Waals surface area contributed by atoms with Gasteiger partial charge in [-0.15, -0.1) is 0 Å². The number of nitrogens with one attached hydrogen (secondary N) is 1. The highest BCUT2D eigenvalue weighted by molar-refractivity contribution is 6.08. The predicted molar refractivity (Wildman–Crippen MR) is 87.7 cm³/mol. The molecule has 2 atom stereocenters. The number of rotatable bonds is 4. The minimum atomic E-state index is 0.265. The van der Waals surface area contributed by atoms with Crippen molar-refractivity contribution in [3.8, 4) is 0 Å². The average Bonchev–Trinajstić information content (AvgIpc) is 2.54. The molecule has 1 aliphatic heterocycles. The lowest BCUT2D eigenvalue weighted by atomic mass is 9.87. The van der Waals surface area contributed by atoms with Gasteiger partial charge in [-0.25, -0.2) is 0 Å². The van der Waals surface area contributed by atoms with E-state index in [9.17, 15) is 4.79 Å². The van der Waals surface area contributed by atoms with Crippen molar-refractivity contribution in [2.24, 2.45) is 5.92 Å². The average molecular weight is 281 g/mol. The normalized spacial score (nSPS) is 22.3. The van der Waals surface area contributed by atoms with Crippen LogP contribution in [0.5, 0.6) is 0 Å². The van der Waals surface area contributed by atoms with Gasteiger partial charge in [0.15, 0.2) is 5.78 Å². The Morgan fingerprint density at radius 3 is 2.86 bits per heavy atom. The first-order valence-corrected chi connectivity index (χ1v) is 8.02. The Kier molecular flexibility index (Phi) is 4.35. The first-order valence-electron chi connectivity index (χ1n) is 8.02. The molecule has 0 saturated carbocycles. The Balaban J connectivity index is 1.78. The summed E-state index contributed by atoms with van der Waals surface area (Å²) >= 11 is 0. The van der Waals surface area contributed by atoms with E-state index in [0.29, 0.717) is 12.5 Å². The minimum Gasteiger partial charge on any atom is -0.314 e. The van der Waals surface area contributed by atoms with Crippen LogP contribution >= 0.6 is 0 Å². The molecule has 2 heteroatoms. The molecule has 0 aromatic heterocycles. The van der Waals surface area contributed by atoms with Crippen LogP contribution in [-0.4, -0.2) is 18.4 Å². The molecule has 3 rings (SSSR count). The van der Waals surface area contributed by atoms with E-state index in [1.165, 1.54) is 12.8 Å². The third kappa shape index (κ3) is 3.16. The zero-order valence-corrected chi connectivity index (χ0v) is 12.6. The minimum absolute atomic E-state index is 0.265. The second-order valence-electron chi connectivity index (χ2n) is 6.10. The van der Waals surface area contributed by atoms with Crippen LogP contribution in [-0.2, 0) is 0 Å². The fourth-order valence-electron chi connectivity index (χ4n) is 3.42. The fraction of sp³-hybridized carbons (Fsp3) is 0.421. The molecule has 2 nitrogen and oxygen atoms in total. The van der Waals surface area contributed by atoms with Gasteiger partial charge < -0.3 is 5.32 Å². The highest BCUT2D eigenvalue weighted by Gasteiger charge is 2.23. The van der Waals surface area contributed by atoms with E-state index >= 15 is 0 Å². The maximum Gasteiger partial charge on any atom is 0.165 e. The predicted octanol–water partition coefficient (Wildman–Crippen LogP) is 4.19. The van der Waals surface area contributed by atoms with Crippen LogP contribution in [0.3, 0.4) is 0 Å². The van der Waals surface area contributed by atoms with Crippen LogP contribution in [0.2, 0.25) is 0 Å². The molecule has 0 spiro atoms. The van der Waals surface area contributed by atoms with Gasteiger partial charge in [-0.3, -0.25) is 4.79 Å². The molecule has 1 aliphatic rings. The highest BCUT2D eigenvalue weighted by Crippen LogP contribution is 2.24. The molecule has 0 radical (unpaired) electrons. The van der Waals surface area contributed by atoms with Gasteiger partial charge in [0, 0.05) is 18.0 Å². The molecule has 1 N–H and O–H groups in total. The van der Waals surface area contributed by atoms with E-state index in [0.717, 1.165) is 35.2 Å². The van der Waals surface area contributed by atoms with Gasteiger partial charge >= 0.3 is 0 Å². The molecular weight excluding hydrogens is 258 g/mol. The van der Waals surface area contributed by atoms with E-state index < -0.39 is 0 Å². The molecule has 0 aliphatic carbocycles. The number of piperidine rings is 1. The van der Waals surface area contributed by atoms with Gasteiger partial charge in [0.05, 0.1) is 0 Å². The summed E-state index contributed by atoms with van der Waals surface area (Å²) in [4.78, 5) is 12.7. The summed E-state index contributed by atoms with van der Waals surface area (Å²) in [6.45, 7) is 3.30. The quantitative estimate of drug-likeness (QED) is 0.851. The Morgan fingerprint density at radius 2 is 2.00 bits per heavy atom. The smallest absolute Gasteiger partial charge is 0.165 e. The van der Waals surface area contributed by atoms with Gasteiger partial charge in [-0.1, -0.05) is 55.8 Å².